The summed E-state index contributed by atoms with van der Waals surface area (Å²) in [4.78, 5) is 12.6. The van der Waals surface area contributed by atoms with Crippen molar-refractivity contribution in [3.8, 4) is 22.8 Å². The van der Waals surface area contributed by atoms with Gasteiger partial charge in [0.25, 0.3) is 0 Å². The molecule has 0 unspecified atom stereocenters. The molecule has 0 saturated heterocycles. The van der Waals surface area contributed by atoms with Gasteiger partial charge in [0.05, 0.1) is 11.1 Å². The van der Waals surface area contributed by atoms with Crippen LogP contribution >= 0.6 is 0 Å². The van der Waals surface area contributed by atoms with Gasteiger partial charge in [-0.2, -0.15) is 0 Å². The van der Waals surface area contributed by atoms with Gasteiger partial charge in [-0.05, 0) is 55.5 Å². The lowest BCUT2D eigenvalue weighted by Gasteiger charge is -2.11. The number of anilines is 2. The van der Waals surface area contributed by atoms with E-state index in [-0.39, 0.29) is 5.43 Å². The Morgan fingerprint density at radius 1 is 0.926 bits per heavy atom. The van der Waals surface area contributed by atoms with E-state index >= 15 is 0 Å². The SMILES string of the molecule is Cc1c(-c2ccc(Oc3cc(N)ccc3N)cc2)oc2ccccc2c1=O. The van der Waals surface area contributed by atoms with Gasteiger partial charge in [0.2, 0.25) is 0 Å². The number of nitrogen functional groups attached to an aromatic ring is 2. The second kappa shape index (κ2) is 6.53. The van der Waals surface area contributed by atoms with Gasteiger partial charge in [0, 0.05) is 22.9 Å². The summed E-state index contributed by atoms with van der Waals surface area (Å²) < 4.78 is 11.8. The molecule has 0 fully saturated rings. The largest absolute Gasteiger partial charge is 0.456 e. The summed E-state index contributed by atoms with van der Waals surface area (Å²) in [5.41, 5.74) is 14.7. The summed E-state index contributed by atoms with van der Waals surface area (Å²) in [6.07, 6.45) is 0. The van der Waals surface area contributed by atoms with Crippen molar-refractivity contribution in [3.63, 3.8) is 0 Å². The van der Waals surface area contributed by atoms with Crippen LogP contribution in [0.1, 0.15) is 5.56 Å². The van der Waals surface area contributed by atoms with Gasteiger partial charge >= 0.3 is 0 Å². The van der Waals surface area contributed by atoms with Crippen molar-refractivity contribution < 1.29 is 9.15 Å². The van der Waals surface area contributed by atoms with E-state index in [0.717, 1.165) is 5.56 Å². The van der Waals surface area contributed by atoms with E-state index in [2.05, 4.69) is 0 Å². The van der Waals surface area contributed by atoms with Crippen molar-refractivity contribution in [3.05, 3.63) is 82.5 Å². The molecule has 0 amide bonds. The highest BCUT2D eigenvalue weighted by molar-refractivity contribution is 5.80. The smallest absolute Gasteiger partial charge is 0.196 e. The number of nitrogens with two attached hydrogens (primary N) is 2. The van der Waals surface area contributed by atoms with Crippen LogP contribution in [0.15, 0.2) is 75.9 Å². The third-order valence-corrected chi connectivity index (χ3v) is 4.41. The fourth-order valence-corrected chi connectivity index (χ4v) is 2.95. The minimum absolute atomic E-state index is 0.0280. The molecule has 0 aliphatic rings. The van der Waals surface area contributed by atoms with E-state index in [1.165, 1.54) is 0 Å². The molecule has 0 radical (unpaired) electrons. The molecule has 1 aromatic heterocycles. The molecule has 3 aromatic carbocycles. The molecule has 27 heavy (non-hydrogen) atoms. The normalized spacial score (nSPS) is 10.9. The first-order valence-corrected chi connectivity index (χ1v) is 8.48. The number of hydrogen-bond acceptors (Lipinski definition) is 5. The van der Waals surface area contributed by atoms with Crippen LogP contribution < -0.4 is 21.6 Å². The average molecular weight is 358 g/mol. The molecule has 1 heterocycles. The van der Waals surface area contributed by atoms with Crippen molar-refractivity contribution in [2.24, 2.45) is 0 Å². The van der Waals surface area contributed by atoms with Crippen molar-refractivity contribution in [1.82, 2.24) is 0 Å². The van der Waals surface area contributed by atoms with Gasteiger partial charge in [0.1, 0.15) is 17.1 Å². The van der Waals surface area contributed by atoms with E-state index in [1.807, 2.05) is 24.3 Å². The van der Waals surface area contributed by atoms with E-state index in [0.29, 0.717) is 45.2 Å². The van der Waals surface area contributed by atoms with E-state index in [1.54, 1.807) is 49.4 Å². The first kappa shape index (κ1) is 16.7. The lowest BCUT2D eigenvalue weighted by molar-refractivity contribution is 0.485. The molecule has 0 spiro atoms. The minimum atomic E-state index is -0.0280. The Morgan fingerprint density at radius 2 is 1.67 bits per heavy atom. The molecular weight excluding hydrogens is 340 g/mol. The molecular formula is C22H18N2O3. The molecule has 4 aromatic rings. The van der Waals surface area contributed by atoms with Crippen LogP contribution in [0.4, 0.5) is 11.4 Å². The highest BCUT2D eigenvalue weighted by Gasteiger charge is 2.12. The maximum absolute atomic E-state index is 12.6. The Hall–Kier alpha value is -3.73. The van der Waals surface area contributed by atoms with E-state index < -0.39 is 0 Å². The monoisotopic (exact) mass is 358 g/mol. The summed E-state index contributed by atoms with van der Waals surface area (Å²) >= 11 is 0. The van der Waals surface area contributed by atoms with Crippen molar-refractivity contribution in [2.75, 3.05) is 11.5 Å². The van der Waals surface area contributed by atoms with Gasteiger partial charge in [-0.1, -0.05) is 12.1 Å². The highest BCUT2D eigenvalue weighted by atomic mass is 16.5. The first-order chi connectivity index (χ1) is 13.0. The van der Waals surface area contributed by atoms with Gasteiger partial charge in [-0.25, -0.2) is 0 Å². The number of benzene rings is 3. The summed E-state index contributed by atoms with van der Waals surface area (Å²) in [7, 11) is 0. The van der Waals surface area contributed by atoms with Crippen molar-refractivity contribution in [2.45, 2.75) is 6.92 Å². The number of fused-ring (bicyclic) bond motifs is 1. The first-order valence-electron chi connectivity index (χ1n) is 8.48. The zero-order valence-electron chi connectivity index (χ0n) is 14.7. The highest BCUT2D eigenvalue weighted by Crippen LogP contribution is 2.32. The Bertz CT molecular complexity index is 1190. The quantitative estimate of drug-likeness (QED) is 0.517. The van der Waals surface area contributed by atoms with Crippen LogP contribution in [-0.4, -0.2) is 0 Å². The fraction of sp³-hybridized carbons (Fsp3) is 0.0455. The number of hydrogen-bond donors (Lipinski definition) is 2. The standard InChI is InChI=1S/C22H18N2O3/c1-13-21(25)17-4-2-3-5-19(17)27-22(13)14-6-9-16(10-7-14)26-20-12-15(23)8-11-18(20)24/h2-12H,23-24H2,1H3. The number of para-hydroxylation sites is 1. The predicted octanol–water partition coefficient (Wildman–Crippen LogP) is 4.73. The predicted molar refractivity (Wildman–Crippen MR) is 108 cm³/mol. The molecule has 5 heteroatoms. The molecule has 0 aliphatic heterocycles. The molecule has 4 N–H and O–H groups in total. The maximum atomic E-state index is 12.6. The van der Waals surface area contributed by atoms with Gasteiger partial charge in [-0.15, -0.1) is 0 Å². The van der Waals surface area contributed by atoms with Crippen molar-refractivity contribution >= 4 is 22.3 Å². The Morgan fingerprint density at radius 3 is 2.44 bits per heavy atom. The van der Waals surface area contributed by atoms with Crippen molar-refractivity contribution in [1.29, 1.82) is 0 Å². The minimum Gasteiger partial charge on any atom is -0.456 e. The van der Waals surface area contributed by atoms with Gasteiger partial charge < -0.3 is 20.6 Å². The molecule has 0 saturated carbocycles. The number of rotatable bonds is 3. The maximum Gasteiger partial charge on any atom is 0.196 e. The average Bonchev–Trinajstić information content (AvgIpc) is 2.68. The second-order valence-electron chi connectivity index (χ2n) is 6.31. The van der Waals surface area contributed by atoms with E-state index in [9.17, 15) is 4.79 Å². The lowest BCUT2D eigenvalue weighted by atomic mass is 10.1. The lowest BCUT2D eigenvalue weighted by Crippen LogP contribution is -2.06. The molecule has 5 nitrogen and oxygen atoms in total. The molecule has 134 valence electrons. The second-order valence-corrected chi connectivity index (χ2v) is 6.31. The summed E-state index contributed by atoms with van der Waals surface area (Å²) in [6.45, 7) is 1.77. The van der Waals surface area contributed by atoms with Gasteiger partial charge in [0.15, 0.2) is 11.2 Å². The molecule has 4 rings (SSSR count). The zero-order valence-corrected chi connectivity index (χ0v) is 14.7. The van der Waals surface area contributed by atoms with Crippen LogP contribution in [0.25, 0.3) is 22.3 Å². The fourth-order valence-electron chi connectivity index (χ4n) is 2.95. The molecule has 0 atom stereocenters. The topological polar surface area (TPSA) is 91.5 Å². The van der Waals surface area contributed by atoms with Crippen LogP contribution in [0.2, 0.25) is 0 Å². The van der Waals surface area contributed by atoms with Crippen LogP contribution in [0, 0.1) is 6.92 Å². The molecule has 0 aliphatic carbocycles. The summed E-state index contributed by atoms with van der Waals surface area (Å²) in [6, 6.07) is 19.6. The Kier molecular flexibility index (Phi) is 4.05. The van der Waals surface area contributed by atoms with Crippen LogP contribution in [-0.2, 0) is 0 Å². The van der Waals surface area contributed by atoms with Crippen LogP contribution in [0.3, 0.4) is 0 Å². The third kappa shape index (κ3) is 3.11. The number of ether oxygens (including phenoxy) is 1. The molecule has 0 bridgehead atoms. The van der Waals surface area contributed by atoms with Crippen LogP contribution in [0.5, 0.6) is 11.5 Å². The third-order valence-electron chi connectivity index (χ3n) is 4.41. The summed E-state index contributed by atoms with van der Waals surface area (Å²) in [5, 5.41) is 0.579. The van der Waals surface area contributed by atoms with E-state index in [4.69, 9.17) is 20.6 Å². The summed E-state index contributed by atoms with van der Waals surface area (Å²) in [5.74, 6) is 1.65. The zero-order chi connectivity index (χ0) is 19.0. The van der Waals surface area contributed by atoms with Gasteiger partial charge in [-0.3, -0.25) is 4.79 Å². The Labute approximate surface area is 155 Å². The Balaban J connectivity index is 1.70.